The van der Waals surface area contributed by atoms with Gasteiger partial charge in [0.2, 0.25) is 0 Å². The van der Waals surface area contributed by atoms with Crippen molar-refractivity contribution < 1.29 is 9.84 Å². The Morgan fingerprint density at radius 3 is 2.46 bits per heavy atom. The van der Waals surface area contributed by atoms with Gasteiger partial charge in [0.1, 0.15) is 0 Å². The average molecular weight is 189 g/mol. The summed E-state index contributed by atoms with van der Waals surface area (Å²) in [6.45, 7) is 6.35. The zero-order chi connectivity index (χ0) is 10.2. The summed E-state index contributed by atoms with van der Waals surface area (Å²) in [5, 5.41) is 9.21. The molecule has 0 aliphatic heterocycles. The first-order valence-corrected chi connectivity index (χ1v) is 5.13. The van der Waals surface area contributed by atoms with E-state index in [1.54, 1.807) is 0 Å². The Bertz CT molecular complexity index is 105. The molecule has 1 unspecified atom stereocenters. The second-order valence-electron chi connectivity index (χ2n) is 3.52. The Kier molecular flexibility index (Phi) is 7.23. The van der Waals surface area contributed by atoms with Crippen LogP contribution in [0.2, 0.25) is 0 Å². The number of ether oxygens (including phenoxy) is 1. The van der Waals surface area contributed by atoms with Crippen molar-refractivity contribution in [3.8, 4) is 0 Å². The Hall–Kier alpha value is -0.120. The van der Waals surface area contributed by atoms with E-state index in [2.05, 4.69) is 6.92 Å². The molecule has 80 valence electrons. The Balaban J connectivity index is 3.68. The maximum Gasteiger partial charge on any atom is 0.0499 e. The fraction of sp³-hybridized carbons (Fsp3) is 1.00. The number of hydrogen-bond acceptors (Lipinski definition) is 3. The molecule has 0 bridgehead atoms. The van der Waals surface area contributed by atoms with Crippen molar-refractivity contribution in [3.05, 3.63) is 0 Å². The number of aliphatic hydroxyl groups is 1. The molecule has 3 N–H and O–H groups in total. The van der Waals surface area contributed by atoms with Gasteiger partial charge in [0.05, 0.1) is 0 Å². The minimum atomic E-state index is -0.0723. The van der Waals surface area contributed by atoms with Gasteiger partial charge in [0.25, 0.3) is 0 Å². The lowest BCUT2D eigenvalue weighted by Crippen LogP contribution is -2.33. The third kappa shape index (κ3) is 4.60. The van der Waals surface area contributed by atoms with Crippen LogP contribution >= 0.6 is 0 Å². The summed E-state index contributed by atoms with van der Waals surface area (Å²) in [4.78, 5) is 0. The van der Waals surface area contributed by atoms with Gasteiger partial charge in [-0.3, -0.25) is 0 Å². The number of hydrogen-bond donors (Lipinski definition) is 2. The van der Waals surface area contributed by atoms with Crippen molar-refractivity contribution >= 4 is 0 Å². The van der Waals surface area contributed by atoms with E-state index in [4.69, 9.17) is 10.5 Å². The molecular formula is C10H23NO2. The first-order valence-electron chi connectivity index (χ1n) is 5.13. The van der Waals surface area contributed by atoms with Gasteiger partial charge >= 0.3 is 0 Å². The smallest absolute Gasteiger partial charge is 0.0499 e. The molecule has 0 aliphatic rings. The minimum absolute atomic E-state index is 0.0723. The standard InChI is InChI=1S/C10H23NO2/c1-3-10(8-11,9-12)6-5-7-13-4-2/h12H,3-9,11H2,1-2H3. The minimum Gasteiger partial charge on any atom is -0.396 e. The van der Waals surface area contributed by atoms with Crippen molar-refractivity contribution in [2.24, 2.45) is 11.1 Å². The van der Waals surface area contributed by atoms with Crippen LogP contribution in [0.5, 0.6) is 0 Å². The molecular weight excluding hydrogens is 166 g/mol. The molecule has 0 aromatic heterocycles. The summed E-state index contributed by atoms with van der Waals surface area (Å²) < 4.78 is 5.24. The Labute approximate surface area is 81.3 Å². The number of nitrogens with two attached hydrogens (primary N) is 1. The van der Waals surface area contributed by atoms with Crippen molar-refractivity contribution in [3.63, 3.8) is 0 Å². The van der Waals surface area contributed by atoms with Crippen molar-refractivity contribution in [2.75, 3.05) is 26.4 Å². The zero-order valence-electron chi connectivity index (χ0n) is 8.88. The van der Waals surface area contributed by atoms with Gasteiger partial charge in [0.15, 0.2) is 0 Å². The molecule has 0 radical (unpaired) electrons. The van der Waals surface area contributed by atoms with E-state index in [1.165, 1.54) is 0 Å². The Morgan fingerprint density at radius 2 is 2.08 bits per heavy atom. The summed E-state index contributed by atoms with van der Waals surface area (Å²) in [5.41, 5.74) is 5.57. The van der Waals surface area contributed by atoms with Crippen molar-refractivity contribution in [1.29, 1.82) is 0 Å². The quantitative estimate of drug-likeness (QED) is 0.563. The van der Waals surface area contributed by atoms with Crippen molar-refractivity contribution in [1.82, 2.24) is 0 Å². The van der Waals surface area contributed by atoms with E-state index >= 15 is 0 Å². The summed E-state index contributed by atoms with van der Waals surface area (Å²) in [6, 6.07) is 0. The van der Waals surface area contributed by atoms with Crippen LogP contribution in [0.3, 0.4) is 0 Å². The predicted molar refractivity (Wildman–Crippen MR) is 54.6 cm³/mol. The van der Waals surface area contributed by atoms with Crippen molar-refractivity contribution in [2.45, 2.75) is 33.1 Å². The molecule has 0 aromatic rings. The van der Waals surface area contributed by atoms with Crippen LogP contribution in [-0.4, -0.2) is 31.5 Å². The normalized spacial score (nSPS) is 15.7. The van der Waals surface area contributed by atoms with E-state index < -0.39 is 0 Å². The molecule has 0 rings (SSSR count). The van der Waals surface area contributed by atoms with E-state index in [1.807, 2.05) is 6.92 Å². The molecule has 0 spiro atoms. The molecule has 0 saturated carbocycles. The molecule has 0 fully saturated rings. The lowest BCUT2D eigenvalue weighted by atomic mass is 9.82. The van der Waals surface area contributed by atoms with Crippen LogP contribution in [0, 0.1) is 5.41 Å². The van der Waals surface area contributed by atoms with Gasteiger partial charge in [-0.2, -0.15) is 0 Å². The second-order valence-corrected chi connectivity index (χ2v) is 3.52. The molecule has 0 aliphatic carbocycles. The van der Waals surface area contributed by atoms with Gasteiger partial charge in [-0.05, 0) is 26.2 Å². The third-order valence-corrected chi connectivity index (χ3v) is 2.72. The molecule has 0 heterocycles. The molecule has 13 heavy (non-hydrogen) atoms. The van der Waals surface area contributed by atoms with Gasteiger partial charge in [-0.25, -0.2) is 0 Å². The first kappa shape index (κ1) is 12.9. The van der Waals surface area contributed by atoms with Crippen LogP contribution in [0.15, 0.2) is 0 Å². The largest absolute Gasteiger partial charge is 0.396 e. The molecule has 3 heteroatoms. The van der Waals surface area contributed by atoms with Gasteiger partial charge < -0.3 is 15.6 Å². The van der Waals surface area contributed by atoms with Gasteiger partial charge in [-0.15, -0.1) is 0 Å². The number of aliphatic hydroxyl groups excluding tert-OH is 1. The fourth-order valence-electron chi connectivity index (χ4n) is 1.37. The van der Waals surface area contributed by atoms with Crippen LogP contribution in [0.25, 0.3) is 0 Å². The molecule has 3 nitrogen and oxygen atoms in total. The topological polar surface area (TPSA) is 55.5 Å². The SMILES string of the molecule is CCOCCCC(CC)(CN)CO. The average Bonchev–Trinajstić information content (AvgIpc) is 2.20. The van der Waals surface area contributed by atoms with Crippen LogP contribution < -0.4 is 5.73 Å². The highest BCUT2D eigenvalue weighted by Gasteiger charge is 2.24. The maximum atomic E-state index is 9.21. The number of rotatable bonds is 8. The monoisotopic (exact) mass is 189 g/mol. The highest BCUT2D eigenvalue weighted by Crippen LogP contribution is 2.25. The maximum absolute atomic E-state index is 9.21. The lowest BCUT2D eigenvalue weighted by molar-refractivity contribution is 0.0900. The molecule has 0 aromatic carbocycles. The summed E-state index contributed by atoms with van der Waals surface area (Å²) >= 11 is 0. The highest BCUT2D eigenvalue weighted by molar-refractivity contribution is 4.77. The molecule has 0 saturated heterocycles. The van der Waals surface area contributed by atoms with Gasteiger partial charge in [-0.1, -0.05) is 6.92 Å². The lowest BCUT2D eigenvalue weighted by Gasteiger charge is -2.28. The predicted octanol–water partition coefficient (Wildman–Crippen LogP) is 1.15. The summed E-state index contributed by atoms with van der Waals surface area (Å²) in [7, 11) is 0. The first-order chi connectivity index (χ1) is 6.24. The highest BCUT2D eigenvalue weighted by atomic mass is 16.5. The molecule has 0 amide bonds. The molecule has 1 atom stereocenters. The third-order valence-electron chi connectivity index (χ3n) is 2.72. The zero-order valence-corrected chi connectivity index (χ0v) is 8.88. The van der Waals surface area contributed by atoms with Crippen LogP contribution in [0.4, 0.5) is 0 Å². The Morgan fingerprint density at radius 1 is 1.38 bits per heavy atom. The van der Waals surface area contributed by atoms with Gasteiger partial charge in [0, 0.05) is 31.8 Å². The van der Waals surface area contributed by atoms with Crippen LogP contribution in [0.1, 0.15) is 33.1 Å². The van der Waals surface area contributed by atoms with Crippen LogP contribution in [-0.2, 0) is 4.74 Å². The van der Waals surface area contributed by atoms with E-state index in [9.17, 15) is 5.11 Å². The van der Waals surface area contributed by atoms with E-state index in [0.29, 0.717) is 6.54 Å². The summed E-state index contributed by atoms with van der Waals surface area (Å²) in [5.74, 6) is 0. The van der Waals surface area contributed by atoms with E-state index in [0.717, 1.165) is 32.5 Å². The second kappa shape index (κ2) is 7.30. The van der Waals surface area contributed by atoms with E-state index in [-0.39, 0.29) is 12.0 Å². The fourth-order valence-corrected chi connectivity index (χ4v) is 1.37. The summed E-state index contributed by atoms with van der Waals surface area (Å²) in [6.07, 6.45) is 2.88.